The lowest BCUT2D eigenvalue weighted by Crippen LogP contribution is -2.41. The quantitative estimate of drug-likeness (QED) is 0.641. The summed E-state index contributed by atoms with van der Waals surface area (Å²) in [5.74, 6) is 0.785. The second-order valence-corrected chi connectivity index (χ2v) is 4.12. The number of hydrogen-bond donors (Lipinski definition) is 2. The van der Waals surface area contributed by atoms with Crippen LogP contribution in [0.25, 0.3) is 0 Å². The number of carbonyl (C=O) groups excluding carboxylic acids is 1. The van der Waals surface area contributed by atoms with Crippen molar-refractivity contribution in [1.82, 2.24) is 10.6 Å². The zero-order valence-corrected chi connectivity index (χ0v) is 9.17. The van der Waals surface area contributed by atoms with Gasteiger partial charge in [-0.15, -0.1) is 0 Å². The van der Waals surface area contributed by atoms with Crippen LogP contribution in [0.15, 0.2) is 0 Å². The van der Waals surface area contributed by atoms with Crippen molar-refractivity contribution < 1.29 is 9.53 Å². The Hall–Kier alpha value is -0.610. The lowest BCUT2D eigenvalue weighted by Gasteiger charge is -2.12. The fourth-order valence-electron chi connectivity index (χ4n) is 1.45. The molecule has 0 aromatic heterocycles. The van der Waals surface area contributed by atoms with E-state index in [1.165, 1.54) is 6.42 Å². The average Bonchev–Trinajstić information content (AvgIpc) is 2.79. The molecule has 1 fully saturated rings. The maximum absolute atomic E-state index is 11.3. The molecule has 0 saturated heterocycles. The Morgan fingerprint density at radius 1 is 1.64 bits per heavy atom. The Morgan fingerprint density at radius 2 is 2.29 bits per heavy atom. The molecule has 14 heavy (non-hydrogen) atoms. The largest absolute Gasteiger partial charge is 0.383 e. The van der Waals surface area contributed by atoms with E-state index in [1.807, 2.05) is 6.92 Å². The van der Waals surface area contributed by atoms with Crippen LogP contribution in [0.1, 0.15) is 20.3 Å². The standard InChI is InChI=1S/C10H20N2O2/c1-7-4-9(7)11-5-10(13)12-8(2)6-14-3/h7-9,11H,4-6H2,1-3H3,(H,12,13). The third-order valence-electron chi connectivity index (χ3n) is 2.46. The van der Waals surface area contributed by atoms with Crippen molar-refractivity contribution in [3.63, 3.8) is 0 Å². The predicted molar refractivity (Wildman–Crippen MR) is 55.1 cm³/mol. The molecule has 4 nitrogen and oxygen atoms in total. The van der Waals surface area contributed by atoms with Gasteiger partial charge < -0.3 is 15.4 Å². The molecule has 3 unspecified atom stereocenters. The van der Waals surface area contributed by atoms with E-state index in [2.05, 4.69) is 17.6 Å². The molecule has 1 aliphatic carbocycles. The third-order valence-corrected chi connectivity index (χ3v) is 2.46. The van der Waals surface area contributed by atoms with E-state index >= 15 is 0 Å². The van der Waals surface area contributed by atoms with Crippen LogP contribution in [-0.4, -0.2) is 38.3 Å². The van der Waals surface area contributed by atoms with Crippen LogP contribution in [0.5, 0.6) is 0 Å². The average molecular weight is 200 g/mol. The Balaban J connectivity index is 2.03. The molecular weight excluding hydrogens is 180 g/mol. The van der Waals surface area contributed by atoms with Crippen molar-refractivity contribution in [2.24, 2.45) is 5.92 Å². The second-order valence-electron chi connectivity index (χ2n) is 4.12. The molecule has 1 aliphatic rings. The molecule has 0 spiro atoms. The maximum atomic E-state index is 11.3. The van der Waals surface area contributed by atoms with Crippen molar-refractivity contribution in [3.8, 4) is 0 Å². The van der Waals surface area contributed by atoms with Gasteiger partial charge in [-0.25, -0.2) is 0 Å². The Labute approximate surface area is 85.4 Å². The summed E-state index contributed by atoms with van der Waals surface area (Å²) in [5, 5.41) is 6.05. The third kappa shape index (κ3) is 4.07. The van der Waals surface area contributed by atoms with Crippen molar-refractivity contribution in [2.75, 3.05) is 20.3 Å². The van der Waals surface area contributed by atoms with E-state index in [-0.39, 0.29) is 11.9 Å². The van der Waals surface area contributed by atoms with E-state index in [1.54, 1.807) is 7.11 Å². The van der Waals surface area contributed by atoms with Crippen molar-refractivity contribution in [3.05, 3.63) is 0 Å². The van der Waals surface area contributed by atoms with Gasteiger partial charge in [-0.1, -0.05) is 6.92 Å². The van der Waals surface area contributed by atoms with Gasteiger partial charge >= 0.3 is 0 Å². The van der Waals surface area contributed by atoms with Crippen LogP contribution < -0.4 is 10.6 Å². The minimum atomic E-state index is 0.0497. The van der Waals surface area contributed by atoms with Crippen LogP contribution in [-0.2, 0) is 9.53 Å². The van der Waals surface area contributed by atoms with Gasteiger partial charge in [0.2, 0.25) is 5.91 Å². The molecule has 0 heterocycles. The first-order valence-electron chi connectivity index (χ1n) is 5.15. The van der Waals surface area contributed by atoms with Crippen molar-refractivity contribution in [1.29, 1.82) is 0 Å². The molecule has 0 aliphatic heterocycles. The number of methoxy groups -OCH3 is 1. The van der Waals surface area contributed by atoms with Crippen LogP contribution in [0.2, 0.25) is 0 Å². The molecule has 0 radical (unpaired) electrons. The summed E-state index contributed by atoms with van der Waals surface area (Å²) in [6, 6.07) is 0.643. The van der Waals surface area contributed by atoms with Crippen LogP contribution >= 0.6 is 0 Å². The number of ether oxygens (including phenoxy) is 1. The first-order valence-corrected chi connectivity index (χ1v) is 5.15. The van der Waals surface area contributed by atoms with Crippen LogP contribution in [0.4, 0.5) is 0 Å². The van der Waals surface area contributed by atoms with Crippen molar-refractivity contribution >= 4 is 5.91 Å². The lowest BCUT2D eigenvalue weighted by atomic mass is 10.3. The van der Waals surface area contributed by atoms with Crippen molar-refractivity contribution in [2.45, 2.75) is 32.4 Å². The summed E-state index contributed by atoms with van der Waals surface area (Å²) in [4.78, 5) is 11.3. The fraction of sp³-hybridized carbons (Fsp3) is 0.900. The zero-order valence-electron chi connectivity index (χ0n) is 9.17. The number of hydrogen-bond acceptors (Lipinski definition) is 3. The minimum Gasteiger partial charge on any atom is -0.383 e. The van der Waals surface area contributed by atoms with E-state index in [9.17, 15) is 4.79 Å². The highest BCUT2D eigenvalue weighted by Crippen LogP contribution is 2.28. The monoisotopic (exact) mass is 200 g/mol. The zero-order chi connectivity index (χ0) is 10.6. The number of amides is 1. The normalized spacial score (nSPS) is 27.1. The smallest absolute Gasteiger partial charge is 0.234 e. The first-order chi connectivity index (χ1) is 6.63. The van der Waals surface area contributed by atoms with Gasteiger partial charge in [0, 0.05) is 19.2 Å². The Kier molecular flexibility index (Phi) is 4.35. The van der Waals surface area contributed by atoms with E-state index < -0.39 is 0 Å². The summed E-state index contributed by atoms with van der Waals surface area (Å²) in [6.45, 7) is 5.10. The fourth-order valence-corrected chi connectivity index (χ4v) is 1.45. The number of rotatable bonds is 6. The van der Waals surface area contributed by atoms with Crippen LogP contribution in [0.3, 0.4) is 0 Å². The summed E-state index contributed by atoms with van der Waals surface area (Å²) < 4.78 is 4.92. The molecule has 3 atom stereocenters. The summed E-state index contributed by atoms with van der Waals surface area (Å²) in [5.41, 5.74) is 0. The van der Waals surface area contributed by atoms with Gasteiger partial charge in [-0.05, 0) is 19.3 Å². The minimum absolute atomic E-state index is 0.0497. The number of nitrogens with one attached hydrogen (secondary N) is 2. The molecule has 2 N–H and O–H groups in total. The maximum Gasteiger partial charge on any atom is 0.234 e. The molecule has 0 aromatic carbocycles. The van der Waals surface area contributed by atoms with Gasteiger partial charge in [0.15, 0.2) is 0 Å². The molecule has 0 aromatic rings. The van der Waals surface area contributed by atoms with Gasteiger partial charge in [-0.3, -0.25) is 4.79 Å². The topological polar surface area (TPSA) is 50.4 Å². The summed E-state index contributed by atoms with van der Waals surface area (Å²) >= 11 is 0. The second kappa shape index (κ2) is 5.32. The molecule has 4 heteroatoms. The van der Waals surface area contributed by atoms with Gasteiger partial charge in [-0.2, -0.15) is 0 Å². The highest BCUT2D eigenvalue weighted by atomic mass is 16.5. The predicted octanol–water partition coefficient (Wildman–Crippen LogP) is 0.136. The molecule has 1 rings (SSSR count). The number of carbonyl (C=O) groups is 1. The highest BCUT2D eigenvalue weighted by molar-refractivity contribution is 5.78. The first kappa shape index (κ1) is 11.5. The van der Waals surface area contributed by atoms with Gasteiger partial charge in [0.1, 0.15) is 0 Å². The van der Waals surface area contributed by atoms with E-state index in [0.717, 1.165) is 5.92 Å². The molecule has 82 valence electrons. The Bertz CT molecular complexity index is 197. The van der Waals surface area contributed by atoms with Gasteiger partial charge in [0.25, 0.3) is 0 Å². The lowest BCUT2D eigenvalue weighted by molar-refractivity contribution is -0.121. The highest BCUT2D eigenvalue weighted by Gasteiger charge is 2.32. The van der Waals surface area contributed by atoms with E-state index in [0.29, 0.717) is 19.2 Å². The molecule has 1 saturated carbocycles. The van der Waals surface area contributed by atoms with E-state index in [4.69, 9.17) is 4.74 Å². The molecular formula is C10H20N2O2. The SMILES string of the molecule is COCC(C)NC(=O)CNC1CC1C. The summed E-state index contributed by atoms with van der Waals surface area (Å²) in [6.07, 6.45) is 1.20. The molecule has 0 bridgehead atoms. The summed E-state index contributed by atoms with van der Waals surface area (Å²) in [7, 11) is 1.63. The molecule has 1 amide bonds. The van der Waals surface area contributed by atoms with Gasteiger partial charge in [0.05, 0.1) is 13.2 Å². The van der Waals surface area contributed by atoms with Crippen LogP contribution in [0, 0.1) is 5.92 Å². The Morgan fingerprint density at radius 3 is 2.79 bits per heavy atom.